The third-order valence-electron chi connectivity index (χ3n) is 3.95. The van der Waals surface area contributed by atoms with E-state index in [1.54, 1.807) is 0 Å². The Labute approximate surface area is 133 Å². The molecule has 1 aliphatic rings. The molecule has 0 bridgehead atoms. The van der Waals surface area contributed by atoms with Crippen molar-refractivity contribution in [3.63, 3.8) is 0 Å². The Balaban J connectivity index is 2.38. The fraction of sp³-hybridized carbons (Fsp3) is 0.733. The molecule has 2 heterocycles. The topological polar surface area (TPSA) is 35.5 Å². The number of hydrogen-bond acceptors (Lipinski definition) is 5. The van der Waals surface area contributed by atoms with Gasteiger partial charge in [0, 0.05) is 0 Å². The first-order chi connectivity index (χ1) is 9.79. The number of likely N-dealkylation sites (N-methyl/N-ethyl adjacent to an activating group) is 1. The molecule has 0 amide bonds. The van der Waals surface area contributed by atoms with Gasteiger partial charge in [-0.05, 0) is 0 Å². The van der Waals surface area contributed by atoms with E-state index in [0.717, 1.165) is 31.3 Å². The van der Waals surface area contributed by atoms with Gasteiger partial charge in [-0.3, -0.25) is 0 Å². The fourth-order valence-electron chi connectivity index (χ4n) is 2.52. The van der Waals surface area contributed by atoms with Crippen molar-refractivity contribution in [3.8, 4) is 0 Å². The first kappa shape index (κ1) is 16.8. The maximum atomic E-state index is 5.05. The molecule has 0 radical (unpaired) electrons. The summed E-state index contributed by atoms with van der Waals surface area (Å²) in [7, 11) is 6.30. The standard InChI is InChI=1S/C12H20N5.3CH3.Sn/c1-15(2)11-12(14-6-5-13-11)17-8-4-7-16(3)9-10-17;;;;/h5H,4,7-10H2,1-3H3;3*1H3;. The summed E-state index contributed by atoms with van der Waals surface area (Å²) in [5.41, 5.74) is 0. The summed E-state index contributed by atoms with van der Waals surface area (Å²) in [6, 6.07) is 0. The van der Waals surface area contributed by atoms with E-state index in [0.29, 0.717) is 0 Å². The molecule has 1 fully saturated rings. The molecular formula is C15H29N5Sn. The zero-order valence-corrected chi connectivity index (χ0v) is 17.2. The number of aromatic nitrogens is 2. The van der Waals surface area contributed by atoms with Crippen LogP contribution in [0.3, 0.4) is 0 Å². The second kappa shape index (κ2) is 6.69. The van der Waals surface area contributed by atoms with Gasteiger partial charge in [0.1, 0.15) is 0 Å². The molecule has 0 spiro atoms. The van der Waals surface area contributed by atoms with Crippen LogP contribution in [0.5, 0.6) is 0 Å². The van der Waals surface area contributed by atoms with Crippen LogP contribution in [0, 0.1) is 0 Å². The average molecular weight is 398 g/mol. The van der Waals surface area contributed by atoms with E-state index in [1.807, 2.05) is 6.20 Å². The van der Waals surface area contributed by atoms with Gasteiger partial charge in [-0.1, -0.05) is 0 Å². The minimum atomic E-state index is -2.19. The van der Waals surface area contributed by atoms with Gasteiger partial charge in [-0.25, -0.2) is 0 Å². The molecular weight excluding hydrogens is 369 g/mol. The van der Waals surface area contributed by atoms with Gasteiger partial charge >= 0.3 is 133 Å². The van der Waals surface area contributed by atoms with Crippen LogP contribution >= 0.6 is 0 Å². The van der Waals surface area contributed by atoms with E-state index < -0.39 is 18.4 Å². The Morgan fingerprint density at radius 1 is 1.10 bits per heavy atom. The van der Waals surface area contributed by atoms with Gasteiger partial charge in [-0.2, -0.15) is 0 Å². The fourth-order valence-corrected chi connectivity index (χ4v) is 5.07. The van der Waals surface area contributed by atoms with Crippen LogP contribution in [0.4, 0.5) is 11.6 Å². The summed E-state index contributed by atoms with van der Waals surface area (Å²) in [6.07, 6.45) is 3.20. The molecule has 5 nitrogen and oxygen atoms in total. The molecule has 1 aromatic heterocycles. The number of rotatable bonds is 3. The monoisotopic (exact) mass is 399 g/mol. The van der Waals surface area contributed by atoms with Crippen molar-refractivity contribution in [3.05, 3.63) is 6.20 Å². The van der Waals surface area contributed by atoms with E-state index >= 15 is 0 Å². The Bertz CT molecular complexity index is 483. The predicted octanol–water partition coefficient (Wildman–Crippen LogP) is 1.23. The van der Waals surface area contributed by atoms with Crippen LogP contribution in [0.1, 0.15) is 6.42 Å². The first-order valence-corrected chi connectivity index (χ1v) is 17.8. The summed E-state index contributed by atoms with van der Waals surface area (Å²) in [5.74, 6) is 2.08. The summed E-state index contributed by atoms with van der Waals surface area (Å²) >= 11 is -2.19. The number of nitrogens with zero attached hydrogens (tertiary/aromatic N) is 5. The normalized spacial score (nSPS) is 17.7. The van der Waals surface area contributed by atoms with Gasteiger partial charge in [0.15, 0.2) is 0 Å². The molecule has 0 saturated carbocycles. The summed E-state index contributed by atoms with van der Waals surface area (Å²) in [5, 5.41) is 0. The maximum absolute atomic E-state index is 5.05. The SMILES string of the molecule is CN1CCCN(c2n[c]([Sn]([CH3])([CH3])[CH3])cnc2N(C)C)CC1. The molecule has 1 aromatic rings. The zero-order chi connectivity index (χ0) is 15.6. The van der Waals surface area contributed by atoms with Crippen LogP contribution in [-0.4, -0.2) is 80.6 Å². The quantitative estimate of drug-likeness (QED) is 0.717. The second-order valence-electron chi connectivity index (χ2n) is 7.19. The molecule has 0 aliphatic carbocycles. The van der Waals surface area contributed by atoms with Crippen molar-refractivity contribution in [2.75, 3.05) is 57.1 Å². The molecule has 0 aromatic carbocycles. The molecule has 21 heavy (non-hydrogen) atoms. The van der Waals surface area contributed by atoms with Crippen molar-refractivity contribution in [2.24, 2.45) is 0 Å². The second-order valence-corrected chi connectivity index (χ2v) is 21.5. The van der Waals surface area contributed by atoms with Crippen LogP contribution in [0.2, 0.25) is 14.8 Å². The van der Waals surface area contributed by atoms with Gasteiger partial charge in [0.05, 0.1) is 0 Å². The van der Waals surface area contributed by atoms with Gasteiger partial charge in [0.25, 0.3) is 0 Å². The van der Waals surface area contributed by atoms with Crippen molar-refractivity contribution in [1.82, 2.24) is 14.9 Å². The van der Waals surface area contributed by atoms with E-state index in [2.05, 4.69) is 50.7 Å². The van der Waals surface area contributed by atoms with Crippen LogP contribution < -0.4 is 13.5 Å². The predicted molar refractivity (Wildman–Crippen MR) is 93.7 cm³/mol. The van der Waals surface area contributed by atoms with Crippen molar-refractivity contribution in [2.45, 2.75) is 21.2 Å². The summed E-state index contributed by atoms with van der Waals surface area (Å²) in [4.78, 5) is 23.9. The number of hydrogen-bond donors (Lipinski definition) is 0. The molecule has 6 heteroatoms. The van der Waals surface area contributed by atoms with E-state index in [9.17, 15) is 0 Å². The van der Waals surface area contributed by atoms with Crippen molar-refractivity contribution in [1.29, 1.82) is 0 Å². The third kappa shape index (κ3) is 4.22. The van der Waals surface area contributed by atoms with Gasteiger partial charge in [0.2, 0.25) is 0 Å². The van der Waals surface area contributed by atoms with Gasteiger partial charge in [-0.15, -0.1) is 0 Å². The molecule has 0 unspecified atom stereocenters. The minimum absolute atomic E-state index is 0.999. The first-order valence-electron chi connectivity index (χ1n) is 7.77. The Morgan fingerprint density at radius 3 is 2.43 bits per heavy atom. The zero-order valence-electron chi connectivity index (χ0n) is 14.3. The molecule has 0 N–H and O–H groups in total. The molecule has 118 valence electrons. The Morgan fingerprint density at radius 2 is 1.81 bits per heavy atom. The molecule has 1 saturated heterocycles. The van der Waals surface area contributed by atoms with Gasteiger partial charge < -0.3 is 0 Å². The summed E-state index contributed by atoms with van der Waals surface area (Å²) < 4.78 is 1.27. The molecule has 2 rings (SSSR count). The molecule has 0 atom stereocenters. The average Bonchev–Trinajstić information content (AvgIpc) is 2.61. The van der Waals surface area contributed by atoms with Crippen molar-refractivity contribution >= 4 is 33.7 Å². The molecule has 1 aliphatic heterocycles. The van der Waals surface area contributed by atoms with E-state index in [4.69, 9.17) is 9.97 Å². The Kier molecular flexibility index (Phi) is 5.35. The van der Waals surface area contributed by atoms with Crippen LogP contribution in [0.15, 0.2) is 6.20 Å². The van der Waals surface area contributed by atoms with E-state index in [1.165, 1.54) is 16.7 Å². The van der Waals surface area contributed by atoms with E-state index in [-0.39, 0.29) is 0 Å². The van der Waals surface area contributed by atoms with Crippen LogP contribution in [-0.2, 0) is 0 Å². The summed E-state index contributed by atoms with van der Waals surface area (Å²) in [6.45, 7) is 4.37. The third-order valence-corrected chi connectivity index (χ3v) is 9.02. The Hall–Kier alpha value is -0.561. The number of anilines is 2. The van der Waals surface area contributed by atoms with Crippen LogP contribution in [0.25, 0.3) is 0 Å². The van der Waals surface area contributed by atoms with Crippen molar-refractivity contribution < 1.29 is 0 Å².